The Kier molecular flexibility index (Phi) is 3.02. The molecule has 19 heavy (non-hydrogen) atoms. The Morgan fingerprint density at radius 1 is 1.21 bits per heavy atom. The number of hydrogen-bond acceptors (Lipinski definition) is 1. The monoisotopic (exact) mass is 253 g/mol. The number of hydrogen-bond donors (Lipinski definition) is 1. The van der Waals surface area contributed by atoms with Crippen molar-refractivity contribution in [2.45, 2.75) is 25.8 Å². The van der Waals surface area contributed by atoms with E-state index in [0.29, 0.717) is 0 Å². The van der Waals surface area contributed by atoms with Crippen molar-refractivity contribution in [2.24, 2.45) is 11.3 Å². The van der Waals surface area contributed by atoms with Crippen LogP contribution < -0.4 is 5.32 Å². The van der Waals surface area contributed by atoms with Gasteiger partial charge in [0.1, 0.15) is 0 Å². The second-order valence-corrected chi connectivity index (χ2v) is 5.46. The normalized spacial score (nSPS) is 32.2. The number of fused-ring (bicyclic) bond motifs is 1. The molecule has 1 aliphatic heterocycles. The summed E-state index contributed by atoms with van der Waals surface area (Å²) in [6, 6.07) is 10.5. The van der Waals surface area contributed by atoms with Crippen molar-refractivity contribution in [3.63, 3.8) is 0 Å². The molecule has 1 heterocycles. The predicted molar refractivity (Wildman–Crippen MR) is 76.6 cm³/mol. The van der Waals surface area contributed by atoms with Crippen molar-refractivity contribution in [2.75, 3.05) is 0 Å². The number of rotatable bonds is 3. The maximum absolute atomic E-state index is 12.5. The number of amides is 1. The Labute approximate surface area is 114 Å². The molecule has 0 radical (unpaired) electrons. The molecule has 1 amide bonds. The van der Waals surface area contributed by atoms with Gasteiger partial charge in [0.05, 0.1) is 5.41 Å². The van der Waals surface area contributed by atoms with Gasteiger partial charge < -0.3 is 5.32 Å². The number of carbonyl (C=O) groups excluding carboxylic acids is 1. The van der Waals surface area contributed by atoms with Gasteiger partial charge in [0.25, 0.3) is 0 Å². The van der Waals surface area contributed by atoms with Crippen molar-refractivity contribution < 1.29 is 4.79 Å². The Hall–Kier alpha value is -1.83. The van der Waals surface area contributed by atoms with Gasteiger partial charge in [0.15, 0.2) is 0 Å². The van der Waals surface area contributed by atoms with Crippen LogP contribution in [0.3, 0.4) is 0 Å². The third-order valence-corrected chi connectivity index (χ3v) is 4.37. The molecular weight excluding hydrogens is 234 g/mol. The first-order valence-corrected chi connectivity index (χ1v) is 6.97. The number of benzene rings is 1. The predicted octanol–water partition coefficient (Wildman–Crippen LogP) is 2.87. The highest BCUT2D eigenvalue weighted by atomic mass is 16.2. The van der Waals surface area contributed by atoms with E-state index in [0.717, 1.165) is 12.8 Å². The zero-order valence-electron chi connectivity index (χ0n) is 11.2. The quantitative estimate of drug-likeness (QED) is 0.881. The summed E-state index contributed by atoms with van der Waals surface area (Å²) >= 11 is 0. The van der Waals surface area contributed by atoms with E-state index in [4.69, 9.17) is 0 Å². The minimum absolute atomic E-state index is 0.175. The highest BCUT2D eigenvalue weighted by Gasteiger charge is 2.52. The van der Waals surface area contributed by atoms with Gasteiger partial charge in [-0.05, 0) is 18.4 Å². The van der Waals surface area contributed by atoms with Crippen LogP contribution in [0.15, 0.2) is 54.6 Å². The summed E-state index contributed by atoms with van der Waals surface area (Å²) in [5.74, 6) is 0.448. The van der Waals surface area contributed by atoms with Crippen molar-refractivity contribution >= 4 is 5.91 Å². The Morgan fingerprint density at radius 2 is 2.00 bits per heavy atom. The van der Waals surface area contributed by atoms with Crippen LogP contribution in [-0.2, 0) is 11.2 Å². The zero-order valence-corrected chi connectivity index (χ0v) is 11.2. The first-order chi connectivity index (χ1) is 9.26. The molecule has 0 unspecified atom stereocenters. The van der Waals surface area contributed by atoms with Gasteiger partial charge in [-0.1, -0.05) is 61.6 Å². The van der Waals surface area contributed by atoms with Gasteiger partial charge in [-0.3, -0.25) is 4.79 Å². The van der Waals surface area contributed by atoms with Gasteiger partial charge in [-0.2, -0.15) is 0 Å². The van der Waals surface area contributed by atoms with Gasteiger partial charge in [-0.25, -0.2) is 0 Å². The smallest absolute Gasteiger partial charge is 0.231 e. The summed E-state index contributed by atoms with van der Waals surface area (Å²) in [7, 11) is 0. The molecule has 0 bridgehead atoms. The third kappa shape index (κ3) is 1.92. The van der Waals surface area contributed by atoms with E-state index in [1.165, 1.54) is 5.56 Å². The average molecular weight is 253 g/mol. The molecule has 2 aliphatic rings. The summed E-state index contributed by atoms with van der Waals surface area (Å²) in [6.07, 6.45) is 10.1. The first kappa shape index (κ1) is 12.2. The van der Waals surface area contributed by atoms with E-state index in [9.17, 15) is 4.79 Å². The van der Waals surface area contributed by atoms with Crippen LogP contribution in [0.2, 0.25) is 0 Å². The molecule has 0 aromatic heterocycles. The molecule has 1 saturated heterocycles. The van der Waals surface area contributed by atoms with Crippen LogP contribution in [0, 0.1) is 11.3 Å². The summed E-state index contributed by atoms with van der Waals surface area (Å²) < 4.78 is 0. The van der Waals surface area contributed by atoms with Crippen molar-refractivity contribution in [1.82, 2.24) is 5.32 Å². The van der Waals surface area contributed by atoms with Crippen LogP contribution in [0.1, 0.15) is 18.9 Å². The molecule has 0 saturated carbocycles. The van der Waals surface area contributed by atoms with Gasteiger partial charge in [0, 0.05) is 12.0 Å². The summed E-state index contributed by atoms with van der Waals surface area (Å²) in [6.45, 7) is 2.13. The molecule has 1 aliphatic carbocycles. The Balaban J connectivity index is 1.97. The van der Waals surface area contributed by atoms with Crippen LogP contribution in [-0.4, -0.2) is 11.9 Å². The lowest BCUT2D eigenvalue weighted by molar-refractivity contribution is -0.126. The van der Waals surface area contributed by atoms with Crippen molar-refractivity contribution in [1.29, 1.82) is 0 Å². The molecule has 3 rings (SSSR count). The fourth-order valence-corrected chi connectivity index (χ4v) is 3.35. The molecule has 2 heteroatoms. The molecule has 98 valence electrons. The molecule has 0 spiro atoms. The third-order valence-electron chi connectivity index (χ3n) is 4.37. The SMILES string of the molecule is CC[C@H]1NC(=O)[C@@]2(Cc3ccccc3)C=CC=C[C@@H]12. The van der Waals surface area contributed by atoms with Gasteiger partial charge >= 0.3 is 0 Å². The first-order valence-electron chi connectivity index (χ1n) is 6.97. The van der Waals surface area contributed by atoms with Crippen molar-refractivity contribution in [3.8, 4) is 0 Å². The van der Waals surface area contributed by atoms with Crippen LogP contribution in [0.4, 0.5) is 0 Å². The second kappa shape index (κ2) is 4.69. The zero-order chi connectivity index (χ0) is 13.3. The number of nitrogens with one attached hydrogen (secondary N) is 1. The van der Waals surface area contributed by atoms with E-state index >= 15 is 0 Å². The lowest BCUT2D eigenvalue weighted by atomic mass is 9.68. The standard InChI is InChI=1S/C17H19NO/c1-2-15-14-10-6-7-11-17(14,16(19)18-15)12-13-8-4-3-5-9-13/h3-11,14-15H,2,12H2,1H3,(H,18,19)/t14-,15+,17+/m0/s1. The van der Waals surface area contributed by atoms with Crippen LogP contribution in [0.5, 0.6) is 0 Å². The van der Waals surface area contributed by atoms with Crippen LogP contribution >= 0.6 is 0 Å². The van der Waals surface area contributed by atoms with Crippen LogP contribution in [0.25, 0.3) is 0 Å². The highest BCUT2D eigenvalue weighted by Crippen LogP contribution is 2.44. The summed E-state index contributed by atoms with van der Waals surface area (Å²) in [5, 5.41) is 3.17. The number of carbonyl (C=O) groups is 1. The van der Waals surface area contributed by atoms with E-state index in [1.807, 2.05) is 24.3 Å². The topological polar surface area (TPSA) is 29.1 Å². The second-order valence-electron chi connectivity index (χ2n) is 5.46. The fraction of sp³-hybridized carbons (Fsp3) is 0.353. The lowest BCUT2D eigenvalue weighted by Gasteiger charge is -2.31. The fourth-order valence-electron chi connectivity index (χ4n) is 3.35. The molecule has 1 aromatic rings. The maximum Gasteiger partial charge on any atom is 0.231 e. The highest BCUT2D eigenvalue weighted by molar-refractivity contribution is 5.89. The van der Waals surface area contributed by atoms with E-state index in [2.05, 4.69) is 42.6 Å². The molecule has 1 N–H and O–H groups in total. The molecule has 1 aromatic carbocycles. The van der Waals surface area contributed by atoms with Gasteiger partial charge in [-0.15, -0.1) is 0 Å². The molecular formula is C17H19NO. The van der Waals surface area contributed by atoms with Gasteiger partial charge in [0.2, 0.25) is 5.91 Å². The van der Waals surface area contributed by atoms with E-state index in [-0.39, 0.29) is 17.9 Å². The minimum Gasteiger partial charge on any atom is -0.352 e. The molecule has 3 atom stereocenters. The lowest BCUT2D eigenvalue weighted by Crippen LogP contribution is -2.36. The van der Waals surface area contributed by atoms with E-state index < -0.39 is 5.41 Å². The van der Waals surface area contributed by atoms with E-state index in [1.54, 1.807) is 0 Å². The summed E-state index contributed by atoms with van der Waals surface area (Å²) in [5.41, 5.74) is 0.830. The molecule has 1 fully saturated rings. The largest absolute Gasteiger partial charge is 0.352 e. The Morgan fingerprint density at radius 3 is 2.74 bits per heavy atom. The maximum atomic E-state index is 12.5. The van der Waals surface area contributed by atoms with Crippen molar-refractivity contribution in [3.05, 3.63) is 60.2 Å². The minimum atomic E-state index is -0.392. The Bertz CT molecular complexity index is 531. The number of allylic oxidation sites excluding steroid dienone is 2. The summed E-state index contributed by atoms with van der Waals surface area (Å²) in [4.78, 5) is 12.5. The molecule has 2 nitrogen and oxygen atoms in total. The average Bonchev–Trinajstić information content (AvgIpc) is 2.73.